The Morgan fingerprint density at radius 3 is 2.45 bits per heavy atom. The number of carbonyl (C=O) groups excluding carboxylic acids is 3. The first-order valence-electron chi connectivity index (χ1n) is 6.84. The first kappa shape index (κ1) is 16.5. The fourth-order valence-electron chi connectivity index (χ4n) is 2.07. The van der Waals surface area contributed by atoms with Crippen LogP contribution in [0.4, 0.5) is 4.79 Å². The molecule has 0 saturated carbocycles. The maximum Gasteiger partial charge on any atom is 0.410 e. The van der Waals surface area contributed by atoms with Crippen LogP contribution in [0.15, 0.2) is 0 Å². The number of nitrogens with zero attached hydrogens (tertiary/aromatic N) is 1. The summed E-state index contributed by atoms with van der Waals surface area (Å²) >= 11 is 0. The summed E-state index contributed by atoms with van der Waals surface area (Å²) < 4.78 is 10.1. The predicted molar refractivity (Wildman–Crippen MR) is 72.1 cm³/mol. The van der Waals surface area contributed by atoms with Crippen LogP contribution in [0, 0.1) is 5.92 Å². The van der Waals surface area contributed by atoms with Crippen molar-refractivity contribution in [1.29, 1.82) is 0 Å². The monoisotopic (exact) mass is 285 g/mol. The van der Waals surface area contributed by atoms with Crippen molar-refractivity contribution in [3.63, 3.8) is 0 Å². The van der Waals surface area contributed by atoms with Crippen LogP contribution in [0.3, 0.4) is 0 Å². The molecule has 0 radical (unpaired) electrons. The number of ether oxygens (including phenoxy) is 2. The van der Waals surface area contributed by atoms with Gasteiger partial charge in [-0.3, -0.25) is 14.5 Å². The molecule has 2 unspecified atom stereocenters. The van der Waals surface area contributed by atoms with Gasteiger partial charge < -0.3 is 9.47 Å². The van der Waals surface area contributed by atoms with Crippen molar-refractivity contribution in [1.82, 2.24) is 4.90 Å². The van der Waals surface area contributed by atoms with Gasteiger partial charge in [0.25, 0.3) is 0 Å². The van der Waals surface area contributed by atoms with Crippen LogP contribution in [-0.4, -0.2) is 47.5 Å². The molecule has 0 aromatic heterocycles. The minimum absolute atomic E-state index is 0.112. The lowest BCUT2D eigenvalue weighted by atomic mass is 9.91. The molecule has 1 heterocycles. The Balaban J connectivity index is 2.71. The van der Waals surface area contributed by atoms with Gasteiger partial charge in [-0.15, -0.1) is 0 Å². The van der Waals surface area contributed by atoms with Crippen molar-refractivity contribution in [2.24, 2.45) is 5.92 Å². The van der Waals surface area contributed by atoms with Gasteiger partial charge in [0.1, 0.15) is 11.5 Å². The summed E-state index contributed by atoms with van der Waals surface area (Å²) in [6.07, 6.45) is -0.252. The van der Waals surface area contributed by atoms with Gasteiger partial charge in [-0.25, -0.2) is 4.79 Å². The number of rotatable bonds is 2. The van der Waals surface area contributed by atoms with Crippen molar-refractivity contribution >= 4 is 17.8 Å². The summed E-state index contributed by atoms with van der Waals surface area (Å²) in [6, 6.07) is -0.239. The highest BCUT2D eigenvalue weighted by Gasteiger charge is 2.40. The van der Waals surface area contributed by atoms with Crippen LogP contribution in [0.25, 0.3) is 0 Å². The third-order valence-electron chi connectivity index (χ3n) is 3.02. The molecule has 0 spiro atoms. The zero-order chi connectivity index (χ0) is 15.5. The molecular weight excluding hydrogens is 262 g/mol. The van der Waals surface area contributed by atoms with E-state index in [1.807, 2.05) is 0 Å². The van der Waals surface area contributed by atoms with Crippen LogP contribution >= 0.6 is 0 Å². The Morgan fingerprint density at radius 1 is 1.35 bits per heavy atom. The maximum absolute atomic E-state index is 12.0. The second-order valence-corrected chi connectivity index (χ2v) is 5.96. The molecule has 0 bridgehead atoms. The average Bonchev–Trinajstić information content (AvgIpc) is 2.29. The molecule has 6 heteroatoms. The molecule has 1 saturated heterocycles. The van der Waals surface area contributed by atoms with E-state index in [1.54, 1.807) is 34.6 Å². The van der Waals surface area contributed by atoms with Crippen molar-refractivity contribution in [2.45, 2.75) is 52.7 Å². The molecule has 114 valence electrons. The van der Waals surface area contributed by atoms with Crippen molar-refractivity contribution in [3.8, 4) is 0 Å². The average molecular weight is 285 g/mol. The molecule has 20 heavy (non-hydrogen) atoms. The molecule has 1 amide bonds. The molecule has 1 rings (SSSR count). The van der Waals surface area contributed by atoms with E-state index < -0.39 is 23.6 Å². The molecule has 1 aliphatic rings. The Kier molecular flexibility index (Phi) is 5.14. The Morgan fingerprint density at radius 2 is 1.95 bits per heavy atom. The van der Waals surface area contributed by atoms with Gasteiger partial charge >= 0.3 is 12.1 Å². The van der Waals surface area contributed by atoms with E-state index in [4.69, 9.17) is 9.47 Å². The number of ketones is 1. The highest BCUT2D eigenvalue weighted by molar-refractivity contribution is 6.01. The zero-order valence-corrected chi connectivity index (χ0v) is 12.8. The lowest BCUT2D eigenvalue weighted by molar-refractivity contribution is -0.154. The third kappa shape index (κ3) is 4.21. The molecule has 6 nitrogen and oxygen atoms in total. The fourth-order valence-corrected chi connectivity index (χ4v) is 2.07. The standard InChI is InChI=1S/C14H23NO5/c1-6-19-12(17)10-7-9(2)15(8-11(10)16)13(18)20-14(3,4)5/h9-10H,6-8H2,1-5H3. The summed E-state index contributed by atoms with van der Waals surface area (Å²) in [5.41, 5.74) is -0.613. The molecule has 1 aliphatic heterocycles. The lowest BCUT2D eigenvalue weighted by Crippen LogP contribution is -2.52. The highest BCUT2D eigenvalue weighted by atomic mass is 16.6. The van der Waals surface area contributed by atoms with E-state index in [0.29, 0.717) is 0 Å². The summed E-state index contributed by atoms with van der Waals surface area (Å²) in [4.78, 5) is 37.0. The van der Waals surface area contributed by atoms with E-state index in [2.05, 4.69) is 0 Å². The van der Waals surface area contributed by atoms with Crippen LogP contribution in [0.5, 0.6) is 0 Å². The van der Waals surface area contributed by atoms with Crippen LogP contribution in [0.1, 0.15) is 41.0 Å². The van der Waals surface area contributed by atoms with Gasteiger partial charge in [0.15, 0.2) is 5.78 Å². The van der Waals surface area contributed by atoms with E-state index in [9.17, 15) is 14.4 Å². The van der Waals surface area contributed by atoms with Crippen LogP contribution < -0.4 is 0 Å². The molecule has 0 aromatic rings. The number of amides is 1. The maximum atomic E-state index is 12.0. The smallest absolute Gasteiger partial charge is 0.410 e. The Bertz CT molecular complexity index is 399. The summed E-state index contributed by atoms with van der Waals surface area (Å²) in [6.45, 7) is 8.92. The predicted octanol–water partition coefficient (Wildman–Crippen LogP) is 1.76. The number of hydrogen-bond acceptors (Lipinski definition) is 5. The topological polar surface area (TPSA) is 72.9 Å². The summed E-state index contributed by atoms with van der Waals surface area (Å²) in [5, 5.41) is 0. The number of likely N-dealkylation sites (tertiary alicyclic amines) is 1. The Hall–Kier alpha value is -1.59. The van der Waals surface area contributed by atoms with E-state index >= 15 is 0 Å². The lowest BCUT2D eigenvalue weighted by Gasteiger charge is -2.36. The second kappa shape index (κ2) is 6.24. The molecule has 2 atom stereocenters. The molecule has 0 N–H and O–H groups in total. The number of piperidine rings is 1. The van der Waals surface area contributed by atoms with E-state index in [1.165, 1.54) is 4.90 Å². The SMILES string of the molecule is CCOC(=O)C1CC(C)N(C(=O)OC(C)(C)C)CC1=O. The van der Waals surface area contributed by atoms with Crippen molar-refractivity contribution in [3.05, 3.63) is 0 Å². The van der Waals surface area contributed by atoms with Gasteiger partial charge in [0, 0.05) is 6.04 Å². The van der Waals surface area contributed by atoms with Gasteiger partial charge in [0.05, 0.1) is 13.2 Å². The van der Waals surface area contributed by atoms with E-state index in [-0.39, 0.29) is 31.4 Å². The Labute approximate surface area is 119 Å². The van der Waals surface area contributed by atoms with Gasteiger partial charge in [-0.05, 0) is 41.0 Å². The molecule has 0 aromatic carbocycles. The van der Waals surface area contributed by atoms with Gasteiger partial charge in [-0.1, -0.05) is 0 Å². The fraction of sp³-hybridized carbons (Fsp3) is 0.786. The molecular formula is C14H23NO5. The minimum Gasteiger partial charge on any atom is -0.465 e. The number of carbonyl (C=O) groups is 3. The summed E-state index contributed by atoms with van der Waals surface area (Å²) in [7, 11) is 0. The first-order chi connectivity index (χ1) is 9.15. The number of esters is 1. The van der Waals surface area contributed by atoms with Gasteiger partial charge in [0.2, 0.25) is 0 Å². The van der Waals surface area contributed by atoms with E-state index in [0.717, 1.165) is 0 Å². The largest absolute Gasteiger partial charge is 0.465 e. The number of Topliss-reactive ketones (excluding diaryl/α,β-unsaturated/α-hetero) is 1. The second-order valence-electron chi connectivity index (χ2n) is 5.96. The number of hydrogen-bond donors (Lipinski definition) is 0. The minimum atomic E-state index is -0.774. The van der Waals surface area contributed by atoms with Crippen molar-refractivity contribution in [2.75, 3.05) is 13.2 Å². The van der Waals surface area contributed by atoms with Crippen LogP contribution in [-0.2, 0) is 19.1 Å². The molecule has 0 aliphatic carbocycles. The van der Waals surface area contributed by atoms with Crippen LogP contribution in [0.2, 0.25) is 0 Å². The van der Waals surface area contributed by atoms with Crippen molar-refractivity contribution < 1.29 is 23.9 Å². The van der Waals surface area contributed by atoms with Gasteiger partial charge in [-0.2, -0.15) is 0 Å². The quantitative estimate of drug-likeness (QED) is 0.571. The zero-order valence-electron chi connectivity index (χ0n) is 12.8. The summed E-state index contributed by atoms with van der Waals surface area (Å²) in [5.74, 6) is -1.58. The molecule has 1 fully saturated rings. The first-order valence-corrected chi connectivity index (χ1v) is 6.84. The normalized spacial score (nSPS) is 23.4. The highest BCUT2D eigenvalue weighted by Crippen LogP contribution is 2.23. The third-order valence-corrected chi connectivity index (χ3v) is 3.02.